The SMILES string of the molecule is CN=C(CNc1ccc(C(F)(F)F)cc1)C(C#Cc1cccc(S(N)(=O)=O)c1)=CN. The summed E-state index contributed by atoms with van der Waals surface area (Å²) in [5.41, 5.74) is 6.61. The number of hydrogen-bond acceptors (Lipinski definition) is 5. The molecule has 2 rings (SSSR count). The molecule has 0 aliphatic heterocycles. The lowest BCUT2D eigenvalue weighted by molar-refractivity contribution is -0.137. The van der Waals surface area contributed by atoms with Gasteiger partial charge in [-0.25, -0.2) is 13.6 Å². The molecule has 0 spiro atoms. The van der Waals surface area contributed by atoms with E-state index in [1.54, 1.807) is 6.07 Å². The van der Waals surface area contributed by atoms with Crippen LogP contribution in [0.4, 0.5) is 18.9 Å². The van der Waals surface area contributed by atoms with Crippen LogP contribution in [0, 0.1) is 11.8 Å². The van der Waals surface area contributed by atoms with Crippen LogP contribution >= 0.6 is 0 Å². The van der Waals surface area contributed by atoms with E-state index >= 15 is 0 Å². The van der Waals surface area contributed by atoms with E-state index in [2.05, 4.69) is 22.2 Å². The summed E-state index contributed by atoms with van der Waals surface area (Å²) in [6.07, 6.45) is -3.16. The zero-order valence-electron chi connectivity index (χ0n) is 15.9. The third-order valence-corrected chi connectivity index (χ3v) is 4.83. The minimum absolute atomic E-state index is 0.0686. The summed E-state index contributed by atoms with van der Waals surface area (Å²) in [4.78, 5) is 4.04. The summed E-state index contributed by atoms with van der Waals surface area (Å²) in [5, 5.41) is 8.07. The molecule has 0 bridgehead atoms. The van der Waals surface area contributed by atoms with Crippen molar-refractivity contribution in [1.29, 1.82) is 0 Å². The monoisotopic (exact) mass is 436 g/mol. The fraction of sp³-hybridized carbons (Fsp3) is 0.150. The second kappa shape index (κ2) is 9.47. The van der Waals surface area contributed by atoms with Gasteiger partial charge < -0.3 is 11.1 Å². The predicted molar refractivity (Wildman–Crippen MR) is 110 cm³/mol. The van der Waals surface area contributed by atoms with Gasteiger partial charge in [0.05, 0.1) is 28.3 Å². The molecule has 6 nitrogen and oxygen atoms in total. The summed E-state index contributed by atoms with van der Waals surface area (Å²) in [6.45, 7) is 0.163. The molecular weight excluding hydrogens is 417 g/mol. The molecule has 0 aromatic heterocycles. The van der Waals surface area contributed by atoms with Gasteiger partial charge in [-0.3, -0.25) is 4.99 Å². The van der Waals surface area contributed by atoms with Crippen LogP contribution in [0.25, 0.3) is 0 Å². The standard InChI is InChI=1S/C20H19F3N4O2S/c1-26-19(13-27-17-9-7-16(8-10-17)20(21,22)23)15(12-24)6-5-14-3-2-4-18(11-14)30(25,28)29/h2-4,7-12,27H,13,24H2,1H3,(H2,25,28,29). The van der Waals surface area contributed by atoms with Crippen LogP contribution < -0.4 is 16.2 Å². The molecular formula is C20H19F3N4O2S. The third-order valence-electron chi connectivity index (χ3n) is 3.92. The number of aliphatic imine (C=N–C) groups is 1. The first-order valence-electron chi connectivity index (χ1n) is 8.48. The van der Waals surface area contributed by atoms with E-state index in [0.29, 0.717) is 22.5 Å². The molecule has 0 amide bonds. The number of nitrogens with zero attached hydrogens (tertiary/aromatic N) is 1. The van der Waals surface area contributed by atoms with Crippen LogP contribution in [0.15, 0.2) is 70.2 Å². The fourth-order valence-corrected chi connectivity index (χ4v) is 2.92. The lowest BCUT2D eigenvalue weighted by Gasteiger charge is -2.11. The summed E-state index contributed by atoms with van der Waals surface area (Å²) < 4.78 is 60.8. The van der Waals surface area contributed by atoms with Crippen molar-refractivity contribution in [3.8, 4) is 11.8 Å². The second-order valence-corrected chi connectivity index (χ2v) is 7.56. The minimum atomic E-state index is -4.40. The maximum Gasteiger partial charge on any atom is 0.416 e. The van der Waals surface area contributed by atoms with Gasteiger partial charge in [-0.1, -0.05) is 17.9 Å². The smallest absolute Gasteiger partial charge is 0.404 e. The molecule has 10 heteroatoms. The highest BCUT2D eigenvalue weighted by Gasteiger charge is 2.29. The van der Waals surface area contributed by atoms with Crippen LogP contribution in [-0.4, -0.2) is 27.7 Å². The zero-order chi connectivity index (χ0) is 22.4. The van der Waals surface area contributed by atoms with Crippen LogP contribution in [0.3, 0.4) is 0 Å². The van der Waals surface area contributed by atoms with Crippen molar-refractivity contribution in [3.05, 3.63) is 71.4 Å². The molecule has 0 aliphatic rings. The molecule has 0 atom stereocenters. The summed E-state index contributed by atoms with van der Waals surface area (Å²) >= 11 is 0. The number of rotatable bonds is 5. The molecule has 2 aromatic rings. The first-order chi connectivity index (χ1) is 14.0. The number of halogens is 3. The number of benzene rings is 2. The van der Waals surface area contributed by atoms with Crippen molar-refractivity contribution in [2.75, 3.05) is 18.9 Å². The van der Waals surface area contributed by atoms with E-state index in [1.807, 2.05) is 0 Å². The maximum atomic E-state index is 12.6. The largest absolute Gasteiger partial charge is 0.416 e. The highest BCUT2D eigenvalue weighted by atomic mass is 32.2. The fourth-order valence-electron chi connectivity index (χ4n) is 2.36. The van der Waals surface area contributed by atoms with Gasteiger partial charge >= 0.3 is 6.18 Å². The van der Waals surface area contributed by atoms with Crippen molar-refractivity contribution in [2.45, 2.75) is 11.1 Å². The Labute approximate surface area is 172 Å². The van der Waals surface area contributed by atoms with Gasteiger partial charge in [0.2, 0.25) is 10.0 Å². The van der Waals surface area contributed by atoms with Crippen LogP contribution in [0.1, 0.15) is 11.1 Å². The van der Waals surface area contributed by atoms with E-state index in [-0.39, 0.29) is 11.4 Å². The number of hydrogen-bond donors (Lipinski definition) is 3. The molecule has 0 unspecified atom stereocenters. The van der Waals surface area contributed by atoms with Crippen LogP contribution in [0.2, 0.25) is 0 Å². The molecule has 0 heterocycles. The number of alkyl halides is 3. The Morgan fingerprint density at radius 3 is 2.40 bits per heavy atom. The average molecular weight is 436 g/mol. The molecule has 0 fully saturated rings. The summed E-state index contributed by atoms with van der Waals surface area (Å²) in [6, 6.07) is 10.4. The maximum absolute atomic E-state index is 12.6. The quantitative estimate of drug-likeness (QED) is 0.494. The highest BCUT2D eigenvalue weighted by molar-refractivity contribution is 7.89. The van der Waals surface area contributed by atoms with Gasteiger partial charge in [0, 0.05) is 24.5 Å². The van der Waals surface area contributed by atoms with Gasteiger partial charge in [0.1, 0.15) is 0 Å². The topological polar surface area (TPSA) is 111 Å². The molecule has 0 saturated heterocycles. The molecule has 5 N–H and O–H groups in total. The Kier molecular flexibility index (Phi) is 7.26. The molecule has 0 radical (unpaired) electrons. The van der Waals surface area contributed by atoms with E-state index in [0.717, 1.165) is 12.1 Å². The second-order valence-electron chi connectivity index (χ2n) is 6.00. The first-order valence-corrected chi connectivity index (χ1v) is 10.0. The number of sulfonamides is 1. The molecule has 30 heavy (non-hydrogen) atoms. The minimum Gasteiger partial charge on any atom is -0.404 e. The summed E-state index contributed by atoms with van der Waals surface area (Å²) in [7, 11) is -2.33. The Hall–Kier alpha value is -3.29. The van der Waals surface area contributed by atoms with Crippen molar-refractivity contribution in [3.63, 3.8) is 0 Å². The molecule has 0 aliphatic carbocycles. The van der Waals surface area contributed by atoms with Crippen LogP contribution in [0.5, 0.6) is 0 Å². The van der Waals surface area contributed by atoms with E-state index in [1.165, 1.54) is 43.6 Å². The van der Waals surface area contributed by atoms with E-state index in [9.17, 15) is 21.6 Å². The molecule has 0 saturated carbocycles. The van der Waals surface area contributed by atoms with Crippen molar-refractivity contribution in [2.24, 2.45) is 15.9 Å². The predicted octanol–water partition coefficient (Wildman–Crippen LogP) is 2.73. The first kappa shape index (κ1) is 23.0. The Bertz CT molecular complexity index is 1130. The normalized spacial score (nSPS) is 12.8. The highest BCUT2D eigenvalue weighted by Crippen LogP contribution is 2.29. The van der Waals surface area contributed by atoms with Gasteiger partial charge in [-0.2, -0.15) is 13.2 Å². The van der Waals surface area contributed by atoms with E-state index in [4.69, 9.17) is 10.9 Å². The van der Waals surface area contributed by atoms with Crippen molar-refractivity contribution >= 4 is 21.4 Å². The number of anilines is 1. The van der Waals surface area contributed by atoms with Gasteiger partial charge in [0.25, 0.3) is 0 Å². The van der Waals surface area contributed by atoms with Crippen molar-refractivity contribution in [1.82, 2.24) is 0 Å². The van der Waals surface area contributed by atoms with Crippen molar-refractivity contribution < 1.29 is 21.6 Å². The molecule has 158 valence electrons. The Morgan fingerprint density at radius 1 is 1.20 bits per heavy atom. The number of nitrogens with one attached hydrogen (secondary N) is 1. The molecule has 2 aromatic carbocycles. The summed E-state index contributed by atoms with van der Waals surface area (Å²) in [5.74, 6) is 5.60. The average Bonchev–Trinajstić information content (AvgIpc) is 2.69. The lowest BCUT2D eigenvalue weighted by atomic mass is 10.1. The Balaban J connectivity index is 2.14. The van der Waals surface area contributed by atoms with Gasteiger partial charge in [-0.15, -0.1) is 0 Å². The third kappa shape index (κ3) is 6.37. The van der Waals surface area contributed by atoms with Gasteiger partial charge in [-0.05, 0) is 42.5 Å². The van der Waals surface area contributed by atoms with Gasteiger partial charge in [0.15, 0.2) is 0 Å². The van der Waals surface area contributed by atoms with Crippen LogP contribution in [-0.2, 0) is 16.2 Å². The number of nitrogens with two attached hydrogens (primary N) is 2. The Morgan fingerprint density at radius 2 is 1.87 bits per heavy atom. The lowest BCUT2D eigenvalue weighted by Crippen LogP contribution is -2.17. The van der Waals surface area contributed by atoms with E-state index < -0.39 is 21.8 Å². The number of primary sulfonamides is 1. The zero-order valence-corrected chi connectivity index (χ0v) is 16.7.